The van der Waals surface area contributed by atoms with Crippen LogP contribution in [-0.4, -0.2) is 5.16 Å². The van der Waals surface area contributed by atoms with Crippen molar-refractivity contribution in [2.45, 2.75) is 49.8 Å². The summed E-state index contributed by atoms with van der Waals surface area (Å²) in [4.78, 5) is 0. The van der Waals surface area contributed by atoms with Gasteiger partial charge in [-0.3, -0.25) is 0 Å². The first-order chi connectivity index (χ1) is 8.81. The van der Waals surface area contributed by atoms with E-state index in [0.717, 1.165) is 22.9 Å². The van der Waals surface area contributed by atoms with Crippen molar-refractivity contribution in [3.63, 3.8) is 0 Å². The van der Waals surface area contributed by atoms with Crippen LogP contribution in [0.2, 0.25) is 0 Å². The molecular formula is C17H22P. The van der Waals surface area contributed by atoms with Gasteiger partial charge < -0.3 is 0 Å². The van der Waals surface area contributed by atoms with Gasteiger partial charge in [0.1, 0.15) is 0 Å². The Labute approximate surface area is 112 Å². The van der Waals surface area contributed by atoms with Crippen molar-refractivity contribution in [2.24, 2.45) is 17.8 Å². The van der Waals surface area contributed by atoms with Gasteiger partial charge in [-0.15, -0.1) is 0 Å². The second-order valence-electron chi connectivity index (χ2n) is 6.94. The van der Waals surface area contributed by atoms with E-state index >= 15 is 0 Å². The molecule has 1 heteroatoms. The second kappa shape index (κ2) is 4.34. The van der Waals surface area contributed by atoms with Crippen molar-refractivity contribution in [1.29, 1.82) is 0 Å². The van der Waals surface area contributed by atoms with E-state index < -0.39 is 0 Å². The molecule has 95 valence electrons. The monoisotopic (exact) mass is 257 g/mol. The second-order valence-corrected chi connectivity index (χ2v) is 8.52. The van der Waals surface area contributed by atoms with Crippen LogP contribution in [0.4, 0.5) is 0 Å². The van der Waals surface area contributed by atoms with Gasteiger partial charge in [0.25, 0.3) is 0 Å². The van der Waals surface area contributed by atoms with Crippen LogP contribution in [0.1, 0.15) is 44.1 Å². The molecular weight excluding hydrogens is 235 g/mol. The maximum absolute atomic E-state index is 2.30. The van der Waals surface area contributed by atoms with E-state index in [-0.39, 0.29) is 0 Å². The third-order valence-electron chi connectivity index (χ3n) is 5.45. The molecule has 4 fully saturated rings. The number of rotatable bonds is 3. The summed E-state index contributed by atoms with van der Waals surface area (Å²) in [5, 5.41) is 0.727. The zero-order valence-corrected chi connectivity index (χ0v) is 11.9. The van der Waals surface area contributed by atoms with E-state index in [0.29, 0.717) is 0 Å². The lowest BCUT2D eigenvalue weighted by Gasteiger charge is -2.56. The Morgan fingerprint density at radius 3 is 2.00 bits per heavy atom. The van der Waals surface area contributed by atoms with E-state index in [1.165, 1.54) is 11.7 Å². The Balaban J connectivity index is 1.48. The van der Waals surface area contributed by atoms with Crippen LogP contribution in [-0.2, 0) is 6.16 Å². The topological polar surface area (TPSA) is 0 Å². The predicted octanol–water partition coefficient (Wildman–Crippen LogP) is 5.10. The van der Waals surface area contributed by atoms with E-state index in [9.17, 15) is 0 Å². The van der Waals surface area contributed by atoms with Gasteiger partial charge in [0.15, 0.2) is 0 Å². The van der Waals surface area contributed by atoms with Gasteiger partial charge in [-0.2, -0.15) is 0 Å². The number of hydrogen-bond donors (Lipinski definition) is 0. The lowest BCUT2D eigenvalue weighted by atomic mass is 9.56. The van der Waals surface area contributed by atoms with Gasteiger partial charge in [-0.1, -0.05) is 38.9 Å². The quantitative estimate of drug-likeness (QED) is 0.661. The highest BCUT2D eigenvalue weighted by molar-refractivity contribution is 7.39. The zero-order valence-electron chi connectivity index (χ0n) is 11.0. The summed E-state index contributed by atoms with van der Waals surface area (Å²) >= 11 is 0. The van der Waals surface area contributed by atoms with Crippen LogP contribution < -0.4 is 0 Å². The van der Waals surface area contributed by atoms with E-state index in [1.807, 2.05) is 0 Å². The largest absolute Gasteiger partial charge is 0.0692 e. The lowest BCUT2D eigenvalue weighted by molar-refractivity contribution is 0.0367. The SMILES string of the molecule is c1ccc(C[P]C23CC4CC(CC(C4)C2)C3)cc1. The van der Waals surface area contributed by atoms with Crippen molar-refractivity contribution in [3.05, 3.63) is 35.9 Å². The average Bonchev–Trinajstić information content (AvgIpc) is 2.36. The van der Waals surface area contributed by atoms with Crippen LogP contribution in [0.5, 0.6) is 0 Å². The third-order valence-corrected chi connectivity index (χ3v) is 7.19. The highest BCUT2D eigenvalue weighted by atomic mass is 31.1. The van der Waals surface area contributed by atoms with Crippen molar-refractivity contribution in [2.75, 3.05) is 0 Å². The first kappa shape index (κ1) is 11.5. The minimum atomic E-state index is 0.727. The Morgan fingerprint density at radius 1 is 0.889 bits per heavy atom. The van der Waals surface area contributed by atoms with Crippen molar-refractivity contribution in [3.8, 4) is 0 Å². The molecule has 4 aliphatic rings. The molecule has 0 spiro atoms. The van der Waals surface area contributed by atoms with Crippen LogP contribution in [0, 0.1) is 17.8 Å². The fourth-order valence-electron chi connectivity index (χ4n) is 5.10. The smallest absolute Gasteiger partial charge is 0.00290 e. The first-order valence-electron chi connectivity index (χ1n) is 7.54. The maximum atomic E-state index is 2.30. The molecule has 1 aromatic carbocycles. The average molecular weight is 257 g/mol. The van der Waals surface area contributed by atoms with Gasteiger partial charge in [0.05, 0.1) is 0 Å². The minimum Gasteiger partial charge on any atom is -0.0692 e. The standard InChI is InChI=1S/C17H22P/c1-2-4-13(5-3-1)12-18-17-9-14-6-15(10-17)8-16(7-14)11-17/h1-5,14-16H,6-12H2. The van der Waals surface area contributed by atoms with Gasteiger partial charge in [-0.05, 0) is 73.2 Å². The summed E-state index contributed by atoms with van der Waals surface area (Å²) in [6.07, 6.45) is 10.6. The maximum Gasteiger partial charge on any atom is -0.00290 e. The van der Waals surface area contributed by atoms with Gasteiger partial charge in [-0.25, -0.2) is 0 Å². The normalized spacial score (nSPS) is 41.9. The van der Waals surface area contributed by atoms with Crippen molar-refractivity contribution < 1.29 is 0 Å². The van der Waals surface area contributed by atoms with Crippen molar-refractivity contribution >= 4 is 8.58 Å². The molecule has 0 atom stereocenters. The van der Waals surface area contributed by atoms with E-state index in [2.05, 4.69) is 30.3 Å². The van der Waals surface area contributed by atoms with Crippen LogP contribution >= 0.6 is 8.58 Å². The molecule has 0 unspecified atom stereocenters. The molecule has 1 aromatic rings. The Kier molecular flexibility index (Phi) is 2.77. The molecule has 18 heavy (non-hydrogen) atoms. The van der Waals surface area contributed by atoms with Crippen LogP contribution in [0.15, 0.2) is 30.3 Å². The molecule has 4 bridgehead atoms. The molecule has 0 aliphatic heterocycles. The van der Waals surface area contributed by atoms with Gasteiger partial charge >= 0.3 is 0 Å². The molecule has 5 rings (SSSR count). The fourth-order valence-corrected chi connectivity index (χ4v) is 6.99. The highest BCUT2D eigenvalue weighted by Gasteiger charge is 2.50. The first-order valence-corrected chi connectivity index (χ1v) is 8.62. The summed E-state index contributed by atoms with van der Waals surface area (Å²) in [6, 6.07) is 11.1. The third kappa shape index (κ3) is 2.03. The van der Waals surface area contributed by atoms with Gasteiger partial charge in [0, 0.05) is 0 Å². The van der Waals surface area contributed by atoms with E-state index in [1.54, 1.807) is 47.1 Å². The molecule has 0 nitrogen and oxygen atoms in total. The highest BCUT2D eigenvalue weighted by Crippen LogP contribution is 2.62. The van der Waals surface area contributed by atoms with E-state index in [4.69, 9.17) is 0 Å². The molecule has 4 saturated carbocycles. The van der Waals surface area contributed by atoms with Crippen molar-refractivity contribution in [1.82, 2.24) is 0 Å². The molecule has 0 heterocycles. The summed E-state index contributed by atoms with van der Waals surface area (Å²) in [5.74, 6) is 3.29. The molecule has 0 saturated heterocycles. The van der Waals surface area contributed by atoms with Crippen LogP contribution in [0.25, 0.3) is 0 Å². The lowest BCUT2D eigenvalue weighted by Crippen LogP contribution is -2.47. The molecule has 0 aromatic heterocycles. The fraction of sp³-hybridized carbons (Fsp3) is 0.647. The summed E-state index contributed by atoms with van der Waals surface area (Å²) in [5.41, 5.74) is 1.54. The molecule has 0 N–H and O–H groups in total. The molecule has 4 aliphatic carbocycles. The predicted molar refractivity (Wildman–Crippen MR) is 78.0 cm³/mol. The Morgan fingerprint density at radius 2 is 1.44 bits per heavy atom. The molecule has 1 radical (unpaired) electrons. The van der Waals surface area contributed by atoms with Gasteiger partial charge in [0.2, 0.25) is 0 Å². The minimum absolute atomic E-state index is 0.727. The molecule has 0 amide bonds. The Hall–Kier alpha value is -0.350. The summed E-state index contributed by atoms with van der Waals surface area (Å²) < 4.78 is 0. The summed E-state index contributed by atoms with van der Waals surface area (Å²) in [7, 11) is 1.73. The summed E-state index contributed by atoms with van der Waals surface area (Å²) in [6.45, 7) is 0. The number of benzene rings is 1. The number of hydrogen-bond acceptors (Lipinski definition) is 0. The Bertz CT molecular complexity index is 387. The zero-order chi connectivity index (χ0) is 12.0. The van der Waals surface area contributed by atoms with Crippen LogP contribution in [0.3, 0.4) is 0 Å².